The van der Waals surface area contributed by atoms with Crippen LogP contribution in [0, 0.1) is 5.41 Å². The number of hydrogen-bond donors (Lipinski definition) is 2. The number of carbonyl (C=O) groups is 1. The second kappa shape index (κ2) is 8.40. The van der Waals surface area contributed by atoms with Crippen LogP contribution in [-0.4, -0.2) is 18.0 Å². The van der Waals surface area contributed by atoms with Gasteiger partial charge in [0.1, 0.15) is 11.6 Å². The van der Waals surface area contributed by atoms with Crippen molar-refractivity contribution < 1.29 is 22.7 Å². The number of nitrogens with two attached hydrogens (primary N) is 1. The minimum atomic E-state index is -5.16. The van der Waals surface area contributed by atoms with E-state index in [1.165, 1.54) is 23.9 Å². The van der Waals surface area contributed by atoms with E-state index in [-0.39, 0.29) is 16.7 Å². The molecule has 0 spiro atoms. The highest BCUT2D eigenvalue weighted by Gasteiger charge is 2.42. The van der Waals surface area contributed by atoms with Gasteiger partial charge in [-0.15, -0.1) is 0 Å². The van der Waals surface area contributed by atoms with Crippen LogP contribution in [0.1, 0.15) is 11.1 Å². The van der Waals surface area contributed by atoms with E-state index < -0.39 is 18.0 Å². The fraction of sp³-hybridized carbons (Fsp3) is 0.0476. The zero-order valence-corrected chi connectivity index (χ0v) is 15.7. The van der Waals surface area contributed by atoms with Crippen LogP contribution in [-0.2, 0) is 4.79 Å². The average molecular weight is 416 g/mol. The predicted octanol–water partition coefficient (Wildman–Crippen LogP) is 5.35. The first-order valence-electron chi connectivity index (χ1n) is 8.34. The Morgan fingerprint density at radius 3 is 2.45 bits per heavy atom. The van der Waals surface area contributed by atoms with Crippen LogP contribution < -0.4 is 10.5 Å². The van der Waals surface area contributed by atoms with Crippen LogP contribution in [0.3, 0.4) is 0 Å². The number of halogens is 3. The second-order valence-corrected chi connectivity index (χ2v) is 6.94. The van der Waals surface area contributed by atoms with Crippen molar-refractivity contribution in [2.45, 2.75) is 11.1 Å². The molecule has 0 saturated carbocycles. The van der Waals surface area contributed by atoms with Crippen LogP contribution >= 0.6 is 11.8 Å². The largest absolute Gasteiger partial charge is 0.491 e. The fourth-order valence-corrected chi connectivity index (χ4v) is 3.28. The Labute approximate surface area is 168 Å². The molecule has 0 radical (unpaired) electrons. The first kappa shape index (κ1) is 20.5. The fourth-order valence-electron chi connectivity index (χ4n) is 2.59. The number of amidine groups is 1. The lowest BCUT2D eigenvalue weighted by molar-refractivity contribution is -0.189. The maximum absolute atomic E-state index is 12.6. The molecule has 0 aliphatic carbocycles. The summed E-state index contributed by atoms with van der Waals surface area (Å²) in [6.07, 6.45) is -3.30. The maximum atomic E-state index is 12.6. The van der Waals surface area contributed by atoms with Crippen LogP contribution in [0.4, 0.5) is 13.2 Å². The van der Waals surface area contributed by atoms with Crippen LogP contribution in [0.2, 0.25) is 0 Å². The third-order valence-corrected chi connectivity index (χ3v) is 4.74. The molecule has 0 fully saturated rings. The smallest absolute Gasteiger partial charge is 0.418 e. The summed E-state index contributed by atoms with van der Waals surface area (Å²) in [5.41, 5.74) is 6.16. The van der Waals surface area contributed by atoms with E-state index in [0.717, 1.165) is 10.5 Å². The number of fused-ring (bicyclic) bond motifs is 1. The van der Waals surface area contributed by atoms with Crippen molar-refractivity contribution in [1.29, 1.82) is 5.41 Å². The number of thioether (sulfide) groups is 1. The minimum Gasteiger partial charge on any atom is -0.418 e. The highest BCUT2D eigenvalue weighted by Crippen LogP contribution is 2.33. The van der Waals surface area contributed by atoms with Gasteiger partial charge in [0, 0.05) is 10.3 Å². The van der Waals surface area contributed by atoms with Crippen LogP contribution in [0.25, 0.3) is 16.8 Å². The lowest BCUT2D eigenvalue weighted by atomic mass is 10.0. The Morgan fingerprint density at radius 1 is 1.07 bits per heavy atom. The third-order valence-electron chi connectivity index (χ3n) is 3.92. The molecule has 148 valence electrons. The molecule has 4 nitrogen and oxygen atoms in total. The van der Waals surface area contributed by atoms with Crippen LogP contribution in [0.15, 0.2) is 71.0 Å². The van der Waals surface area contributed by atoms with Crippen molar-refractivity contribution in [3.63, 3.8) is 0 Å². The Balaban J connectivity index is 1.94. The summed E-state index contributed by atoms with van der Waals surface area (Å²) >= 11 is 1.52. The topological polar surface area (TPSA) is 76.2 Å². The summed E-state index contributed by atoms with van der Waals surface area (Å²) in [4.78, 5) is 12.4. The Morgan fingerprint density at radius 2 is 1.79 bits per heavy atom. The molecule has 8 heteroatoms. The van der Waals surface area contributed by atoms with Crippen molar-refractivity contribution in [2.75, 3.05) is 0 Å². The first-order valence-corrected chi connectivity index (χ1v) is 9.22. The van der Waals surface area contributed by atoms with E-state index in [9.17, 15) is 18.0 Å². The molecule has 0 aliphatic rings. The van der Waals surface area contributed by atoms with Crippen molar-refractivity contribution in [3.05, 3.63) is 77.2 Å². The molecular formula is C21H15F3N2O2S. The van der Waals surface area contributed by atoms with E-state index >= 15 is 0 Å². The lowest BCUT2D eigenvalue weighted by Gasteiger charge is -2.14. The number of rotatable bonds is 5. The number of nitrogen functional groups attached to an aromatic ring is 1. The lowest BCUT2D eigenvalue weighted by Crippen LogP contribution is -2.29. The molecule has 0 aromatic heterocycles. The number of nitrogens with one attached hydrogen (secondary N) is 1. The number of ether oxygens (including phenoxy) is 1. The van der Waals surface area contributed by atoms with Crippen molar-refractivity contribution in [2.24, 2.45) is 5.73 Å². The molecular weight excluding hydrogens is 401 g/mol. The van der Waals surface area contributed by atoms with Gasteiger partial charge < -0.3 is 10.5 Å². The van der Waals surface area contributed by atoms with Gasteiger partial charge in [-0.2, -0.15) is 13.2 Å². The highest BCUT2D eigenvalue weighted by atomic mass is 32.2. The average Bonchev–Trinajstić information content (AvgIpc) is 2.68. The van der Waals surface area contributed by atoms with Gasteiger partial charge in [0.2, 0.25) is 0 Å². The molecule has 0 heterocycles. The van der Waals surface area contributed by atoms with Crippen LogP contribution in [0.5, 0.6) is 5.75 Å². The summed E-state index contributed by atoms with van der Waals surface area (Å²) < 4.78 is 42.5. The maximum Gasteiger partial charge on any atom is 0.491 e. The quantitative estimate of drug-likeness (QED) is 0.193. The number of hydrogen-bond acceptors (Lipinski definition) is 4. The van der Waals surface area contributed by atoms with Gasteiger partial charge in [-0.3, -0.25) is 5.41 Å². The summed E-state index contributed by atoms with van der Waals surface area (Å²) in [6.45, 7) is 0. The number of alkyl halides is 3. The van der Waals surface area contributed by atoms with Gasteiger partial charge in [0.25, 0.3) is 0 Å². The predicted molar refractivity (Wildman–Crippen MR) is 108 cm³/mol. The molecule has 0 amide bonds. The van der Waals surface area contributed by atoms with E-state index in [1.807, 2.05) is 41.8 Å². The van der Waals surface area contributed by atoms with Gasteiger partial charge in [0.15, 0.2) is 0 Å². The zero-order valence-electron chi connectivity index (χ0n) is 14.9. The Bertz CT molecular complexity index is 1100. The highest BCUT2D eigenvalue weighted by molar-refractivity contribution is 8.02. The summed E-state index contributed by atoms with van der Waals surface area (Å²) in [5.74, 6) is -3.25. The first-order chi connectivity index (χ1) is 13.8. The molecule has 3 rings (SSSR count). The number of esters is 1. The molecule has 0 aliphatic heterocycles. The summed E-state index contributed by atoms with van der Waals surface area (Å²) in [6, 6.07) is 17.7. The zero-order chi connectivity index (χ0) is 21.0. The molecule has 29 heavy (non-hydrogen) atoms. The van der Waals surface area contributed by atoms with Gasteiger partial charge >= 0.3 is 12.1 Å². The van der Waals surface area contributed by atoms with Gasteiger partial charge in [-0.05, 0) is 46.7 Å². The number of benzene rings is 3. The molecule has 0 bridgehead atoms. The van der Waals surface area contributed by atoms with E-state index in [0.29, 0.717) is 5.39 Å². The van der Waals surface area contributed by atoms with E-state index in [1.54, 1.807) is 18.2 Å². The molecule has 3 aromatic rings. The molecule has 0 saturated heterocycles. The second-order valence-electron chi connectivity index (χ2n) is 5.96. The molecule has 0 unspecified atom stereocenters. The van der Waals surface area contributed by atoms with Gasteiger partial charge in [-0.1, -0.05) is 48.2 Å². The summed E-state index contributed by atoms with van der Waals surface area (Å²) in [5, 5.41) is 10.3. The number of carbonyl (C=O) groups excluding carboxylic acids is 1. The van der Waals surface area contributed by atoms with Gasteiger partial charge in [0.05, 0.1) is 5.56 Å². The summed E-state index contributed by atoms with van der Waals surface area (Å²) in [7, 11) is 0. The van der Waals surface area contributed by atoms with Gasteiger partial charge in [-0.25, -0.2) is 4.79 Å². The SMILES string of the molecule is N=C(N)c1ccc2cc(/C=C/Sc3ccccc3)ccc2c1OC(=O)C(F)(F)F. The van der Waals surface area contributed by atoms with E-state index in [2.05, 4.69) is 4.74 Å². The Hall–Kier alpha value is -3.26. The monoisotopic (exact) mass is 416 g/mol. The standard InChI is InChI=1S/C21H15F3N2O2S/c22-21(23,24)20(27)28-18-16-8-6-13(10-11-29-15-4-2-1-3-5-15)12-14(16)7-9-17(18)19(25)26/h1-12H,(H3,25,26)/b11-10+. The van der Waals surface area contributed by atoms with E-state index in [4.69, 9.17) is 11.1 Å². The molecule has 3 aromatic carbocycles. The minimum absolute atomic E-state index is 0.0852. The van der Waals surface area contributed by atoms with Crippen molar-refractivity contribution in [3.8, 4) is 5.75 Å². The Kier molecular flexibility index (Phi) is 5.93. The third kappa shape index (κ3) is 4.97. The normalized spacial score (nSPS) is 11.7. The molecule has 3 N–H and O–H groups in total. The molecule has 0 atom stereocenters. The van der Waals surface area contributed by atoms with Crippen molar-refractivity contribution >= 4 is 40.4 Å². The van der Waals surface area contributed by atoms with Crippen molar-refractivity contribution in [1.82, 2.24) is 0 Å².